The van der Waals surface area contributed by atoms with Gasteiger partial charge in [0.1, 0.15) is 0 Å². The molecule has 0 aliphatic carbocycles. The Morgan fingerprint density at radius 1 is 1.33 bits per heavy atom. The zero-order valence-electron chi connectivity index (χ0n) is 11.1. The average molecular weight is 313 g/mol. The minimum Gasteiger partial charge on any atom is -0.378 e. The van der Waals surface area contributed by atoms with Crippen molar-refractivity contribution in [2.75, 3.05) is 31.2 Å². The van der Waals surface area contributed by atoms with Gasteiger partial charge in [-0.1, -0.05) is 29.8 Å². The maximum absolute atomic E-state index is 5.42. The molecule has 0 atom stereocenters. The Labute approximate surface area is 118 Å². The Bertz CT molecular complexity index is 389. The van der Waals surface area contributed by atoms with Crippen molar-refractivity contribution in [3.63, 3.8) is 0 Å². The normalized spacial score (nSPS) is 16.3. The van der Waals surface area contributed by atoms with Crippen molar-refractivity contribution in [3.05, 3.63) is 28.2 Å². The van der Waals surface area contributed by atoms with Crippen LogP contribution in [-0.2, 0) is 11.3 Å². The van der Waals surface area contributed by atoms with Gasteiger partial charge >= 0.3 is 0 Å². The van der Waals surface area contributed by atoms with Gasteiger partial charge in [-0.25, -0.2) is 0 Å². The van der Waals surface area contributed by atoms with E-state index in [1.807, 2.05) is 0 Å². The fraction of sp³-hybridized carbons (Fsp3) is 0.571. The van der Waals surface area contributed by atoms with Gasteiger partial charge in [-0.3, -0.25) is 0 Å². The highest BCUT2D eigenvalue weighted by Crippen LogP contribution is 2.25. The number of nitrogens with zero attached hydrogens (tertiary/aromatic N) is 1. The Hall–Kier alpha value is -0.580. The first-order valence-corrected chi connectivity index (χ1v) is 7.30. The van der Waals surface area contributed by atoms with Gasteiger partial charge in [0.25, 0.3) is 0 Å². The van der Waals surface area contributed by atoms with Crippen LogP contribution in [0.15, 0.2) is 22.7 Å². The van der Waals surface area contributed by atoms with E-state index in [1.54, 1.807) is 0 Å². The molecule has 0 amide bonds. The van der Waals surface area contributed by atoms with E-state index in [4.69, 9.17) is 4.74 Å². The molecule has 1 aliphatic rings. The van der Waals surface area contributed by atoms with E-state index in [-0.39, 0.29) is 0 Å². The lowest BCUT2D eigenvalue weighted by molar-refractivity contribution is 0.122. The SMILES string of the molecule is CC(C)NCc1cc(Br)ccc1N1CCOCC1. The summed E-state index contributed by atoms with van der Waals surface area (Å²) in [4.78, 5) is 2.41. The fourth-order valence-corrected chi connectivity index (χ4v) is 2.53. The number of nitrogens with one attached hydrogen (secondary N) is 1. The molecule has 0 radical (unpaired) electrons. The Kier molecular flexibility index (Phi) is 5.03. The number of ether oxygens (including phenoxy) is 1. The summed E-state index contributed by atoms with van der Waals surface area (Å²) in [6.45, 7) is 8.87. The molecule has 0 unspecified atom stereocenters. The zero-order chi connectivity index (χ0) is 13.0. The van der Waals surface area contributed by atoms with Crippen LogP contribution in [0.25, 0.3) is 0 Å². The van der Waals surface area contributed by atoms with E-state index >= 15 is 0 Å². The molecule has 0 spiro atoms. The van der Waals surface area contributed by atoms with Gasteiger partial charge in [0.2, 0.25) is 0 Å². The lowest BCUT2D eigenvalue weighted by Crippen LogP contribution is -2.37. The number of hydrogen-bond acceptors (Lipinski definition) is 3. The van der Waals surface area contributed by atoms with Crippen molar-refractivity contribution in [1.82, 2.24) is 5.32 Å². The standard InChI is InChI=1S/C14H21BrN2O/c1-11(2)16-10-12-9-13(15)3-4-14(12)17-5-7-18-8-6-17/h3-4,9,11,16H,5-8,10H2,1-2H3. The Morgan fingerprint density at radius 3 is 2.72 bits per heavy atom. The monoisotopic (exact) mass is 312 g/mol. The maximum atomic E-state index is 5.42. The second-order valence-corrected chi connectivity index (χ2v) is 5.82. The second kappa shape index (κ2) is 6.55. The van der Waals surface area contributed by atoms with Gasteiger partial charge in [-0.2, -0.15) is 0 Å². The summed E-state index contributed by atoms with van der Waals surface area (Å²) in [6, 6.07) is 7.03. The van der Waals surface area contributed by atoms with E-state index in [0.717, 1.165) is 37.3 Å². The predicted molar refractivity (Wildman–Crippen MR) is 79.1 cm³/mol. The topological polar surface area (TPSA) is 24.5 Å². The largest absolute Gasteiger partial charge is 0.378 e. The highest BCUT2D eigenvalue weighted by atomic mass is 79.9. The number of morpholine rings is 1. The first-order chi connectivity index (χ1) is 8.66. The molecule has 1 aliphatic heterocycles. The van der Waals surface area contributed by atoms with Crippen LogP contribution in [0.3, 0.4) is 0 Å². The van der Waals surface area contributed by atoms with E-state index in [0.29, 0.717) is 6.04 Å². The smallest absolute Gasteiger partial charge is 0.0642 e. The maximum Gasteiger partial charge on any atom is 0.0642 e. The molecule has 0 aromatic heterocycles. The Morgan fingerprint density at radius 2 is 2.06 bits per heavy atom. The van der Waals surface area contributed by atoms with Gasteiger partial charge in [-0.05, 0) is 23.8 Å². The lowest BCUT2D eigenvalue weighted by atomic mass is 10.1. The first kappa shape index (κ1) is 13.8. The molecular weight excluding hydrogens is 292 g/mol. The summed E-state index contributed by atoms with van der Waals surface area (Å²) in [5.41, 5.74) is 2.68. The van der Waals surface area contributed by atoms with Crippen molar-refractivity contribution in [1.29, 1.82) is 0 Å². The van der Waals surface area contributed by atoms with Crippen LogP contribution in [0.1, 0.15) is 19.4 Å². The van der Waals surface area contributed by atoms with Gasteiger partial charge < -0.3 is 15.0 Å². The summed E-state index contributed by atoms with van der Waals surface area (Å²) in [5, 5.41) is 3.49. The molecular formula is C14H21BrN2O. The summed E-state index contributed by atoms with van der Waals surface area (Å²) in [5.74, 6) is 0. The minimum atomic E-state index is 0.501. The first-order valence-electron chi connectivity index (χ1n) is 6.51. The summed E-state index contributed by atoms with van der Waals surface area (Å²) >= 11 is 3.56. The molecule has 100 valence electrons. The predicted octanol–water partition coefficient (Wildman–Crippen LogP) is 2.78. The van der Waals surface area contributed by atoms with E-state index in [9.17, 15) is 0 Å². The van der Waals surface area contributed by atoms with Crippen LogP contribution in [0.4, 0.5) is 5.69 Å². The molecule has 18 heavy (non-hydrogen) atoms. The average Bonchev–Trinajstić information content (AvgIpc) is 2.37. The van der Waals surface area contributed by atoms with Crippen LogP contribution in [0.2, 0.25) is 0 Å². The minimum absolute atomic E-state index is 0.501. The molecule has 2 rings (SSSR count). The summed E-state index contributed by atoms with van der Waals surface area (Å²) in [7, 11) is 0. The number of anilines is 1. The number of rotatable bonds is 4. The number of benzene rings is 1. The van der Waals surface area contributed by atoms with E-state index in [2.05, 4.69) is 58.2 Å². The molecule has 1 heterocycles. The van der Waals surface area contributed by atoms with Crippen molar-refractivity contribution in [3.8, 4) is 0 Å². The van der Waals surface area contributed by atoms with Crippen LogP contribution >= 0.6 is 15.9 Å². The van der Waals surface area contributed by atoms with Crippen LogP contribution in [0.5, 0.6) is 0 Å². The van der Waals surface area contributed by atoms with Gasteiger partial charge in [0.15, 0.2) is 0 Å². The van der Waals surface area contributed by atoms with Crippen LogP contribution in [0, 0.1) is 0 Å². The van der Waals surface area contributed by atoms with E-state index in [1.165, 1.54) is 11.3 Å². The molecule has 1 N–H and O–H groups in total. The van der Waals surface area contributed by atoms with Crippen LogP contribution < -0.4 is 10.2 Å². The van der Waals surface area contributed by atoms with Crippen molar-refractivity contribution in [2.45, 2.75) is 26.4 Å². The third kappa shape index (κ3) is 3.70. The summed E-state index contributed by atoms with van der Waals surface area (Å²) < 4.78 is 6.56. The van der Waals surface area contributed by atoms with Gasteiger partial charge in [0.05, 0.1) is 13.2 Å². The zero-order valence-corrected chi connectivity index (χ0v) is 12.7. The lowest BCUT2D eigenvalue weighted by Gasteiger charge is -2.31. The second-order valence-electron chi connectivity index (χ2n) is 4.91. The number of hydrogen-bond donors (Lipinski definition) is 1. The number of halogens is 1. The summed E-state index contributed by atoms with van der Waals surface area (Å²) in [6.07, 6.45) is 0. The highest BCUT2D eigenvalue weighted by molar-refractivity contribution is 9.10. The van der Waals surface area contributed by atoms with Crippen molar-refractivity contribution >= 4 is 21.6 Å². The molecule has 3 nitrogen and oxygen atoms in total. The molecule has 1 fully saturated rings. The van der Waals surface area contributed by atoms with Gasteiger partial charge in [0, 0.05) is 35.8 Å². The van der Waals surface area contributed by atoms with Gasteiger partial charge in [-0.15, -0.1) is 0 Å². The molecule has 1 aromatic rings. The molecule has 0 bridgehead atoms. The highest BCUT2D eigenvalue weighted by Gasteiger charge is 2.14. The third-order valence-corrected chi connectivity index (χ3v) is 3.59. The third-order valence-electron chi connectivity index (χ3n) is 3.09. The molecule has 1 saturated heterocycles. The van der Waals surface area contributed by atoms with E-state index < -0.39 is 0 Å². The quantitative estimate of drug-likeness (QED) is 0.925. The molecule has 0 saturated carbocycles. The molecule has 4 heteroatoms. The van der Waals surface area contributed by atoms with Crippen LogP contribution in [-0.4, -0.2) is 32.3 Å². The fourth-order valence-electron chi connectivity index (χ4n) is 2.12. The van der Waals surface area contributed by atoms with Crippen molar-refractivity contribution in [2.24, 2.45) is 0 Å². The van der Waals surface area contributed by atoms with Crippen molar-refractivity contribution < 1.29 is 4.74 Å². The Balaban J connectivity index is 2.16. The molecule has 1 aromatic carbocycles.